The van der Waals surface area contributed by atoms with Crippen molar-refractivity contribution in [3.8, 4) is 0 Å². The number of piperazine rings is 1. The fraction of sp³-hybridized carbons (Fsp3) is 0.818. The van der Waals surface area contributed by atoms with E-state index in [4.69, 9.17) is 0 Å². The van der Waals surface area contributed by atoms with Gasteiger partial charge in [-0.05, 0) is 12.8 Å². The van der Waals surface area contributed by atoms with Gasteiger partial charge in [-0.3, -0.25) is 9.59 Å². The molecule has 0 radical (unpaired) electrons. The summed E-state index contributed by atoms with van der Waals surface area (Å²) in [6, 6.07) is -1.14. The van der Waals surface area contributed by atoms with Gasteiger partial charge in [0.05, 0.1) is 6.26 Å². The summed E-state index contributed by atoms with van der Waals surface area (Å²) >= 11 is 0. The van der Waals surface area contributed by atoms with E-state index in [1.54, 1.807) is 0 Å². The van der Waals surface area contributed by atoms with Crippen molar-refractivity contribution in [2.45, 2.75) is 24.9 Å². The molecule has 20 heavy (non-hydrogen) atoms. The molecule has 2 aliphatic heterocycles. The van der Waals surface area contributed by atoms with Gasteiger partial charge in [0.1, 0.15) is 12.1 Å². The average Bonchev–Trinajstić information content (AvgIpc) is 2.40. The Bertz CT molecular complexity index is 493. The first kappa shape index (κ1) is 15.2. The van der Waals surface area contributed by atoms with Gasteiger partial charge < -0.3 is 16.0 Å². The molecule has 0 aromatic rings. The first-order chi connectivity index (χ1) is 9.38. The van der Waals surface area contributed by atoms with Crippen molar-refractivity contribution < 1.29 is 18.0 Å². The van der Waals surface area contributed by atoms with E-state index in [9.17, 15) is 18.0 Å². The van der Waals surface area contributed by atoms with E-state index in [0.29, 0.717) is 26.1 Å². The largest absolute Gasteiger partial charge is 0.354 e. The Morgan fingerprint density at radius 2 is 2.15 bits per heavy atom. The molecule has 0 bridgehead atoms. The summed E-state index contributed by atoms with van der Waals surface area (Å²) in [5.74, 6) is -0.513. The smallest absolute Gasteiger partial charge is 0.242 e. The number of nitrogens with one attached hydrogen (secondary N) is 3. The lowest BCUT2D eigenvalue weighted by atomic mass is 10.1. The van der Waals surface area contributed by atoms with E-state index in [0.717, 1.165) is 12.7 Å². The van der Waals surface area contributed by atoms with Crippen molar-refractivity contribution in [1.82, 2.24) is 20.3 Å². The lowest BCUT2D eigenvalue weighted by Gasteiger charge is -2.32. The maximum atomic E-state index is 12.1. The van der Waals surface area contributed by atoms with Crippen LogP contribution in [0.3, 0.4) is 0 Å². The Hall–Kier alpha value is -1.19. The highest BCUT2D eigenvalue weighted by molar-refractivity contribution is 7.88. The Morgan fingerprint density at radius 1 is 1.40 bits per heavy atom. The predicted octanol–water partition coefficient (Wildman–Crippen LogP) is -2.39. The molecule has 0 spiro atoms. The molecule has 2 heterocycles. The number of carbonyl (C=O) groups is 2. The number of sulfonamides is 1. The van der Waals surface area contributed by atoms with Crippen LogP contribution in [-0.4, -0.2) is 69.1 Å². The zero-order valence-corrected chi connectivity index (χ0v) is 12.2. The van der Waals surface area contributed by atoms with Crippen molar-refractivity contribution >= 4 is 21.8 Å². The Kier molecular flexibility index (Phi) is 4.61. The molecule has 0 aromatic carbocycles. The Labute approximate surface area is 118 Å². The molecule has 2 atom stereocenters. The van der Waals surface area contributed by atoms with Gasteiger partial charge in [0.2, 0.25) is 21.8 Å². The summed E-state index contributed by atoms with van der Waals surface area (Å²) in [7, 11) is -3.30. The number of rotatable bonds is 3. The molecule has 2 amide bonds. The SMILES string of the molecule is CS(=O)(=O)N1CCN[C@@H](C(=O)N[C@H]2CCCNC2=O)C1. The predicted molar refractivity (Wildman–Crippen MR) is 72.4 cm³/mol. The van der Waals surface area contributed by atoms with Gasteiger partial charge in [0.25, 0.3) is 0 Å². The molecule has 0 unspecified atom stereocenters. The number of amides is 2. The summed E-state index contributed by atoms with van der Waals surface area (Å²) in [5, 5.41) is 8.34. The van der Waals surface area contributed by atoms with Crippen LogP contribution in [0, 0.1) is 0 Å². The van der Waals surface area contributed by atoms with Gasteiger partial charge in [0.15, 0.2) is 0 Å². The minimum absolute atomic E-state index is 0.0962. The van der Waals surface area contributed by atoms with Gasteiger partial charge in [-0.25, -0.2) is 8.42 Å². The van der Waals surface area contributed by atoms with E-state index in [1.807, 2.05) is 0 Å². The van der Waals surface area contributed by atoms with Crippen LogP contribution in [0.15, 0.2) is 0 Å². The molecule has 2 fully saturated rings. The van der Waals surface area contributed by atoms with Crippen molar-refractivity contribution in [1.29, 1.82) is 0 Å². The summed E-state index contributed by atoms with van der Waals surface area (Å²) in [6.07, 6.45) is 2.56. The molecule has 0 saturated carbocycles. The van der Waals surface area contributed by atoms with E-state index >= 15 is 0 Å². The molecule has 2 rings (SSSR count). The topological polar surface area (TPSA) is 108 Å². The van der Waals surface area contributed by atoms with Crippen LogP contribution in [0.5, 0.6) is 0 Å². The number of carbonyl (C=O) groups excluding carboxylic acids is 2. The third-order valence-corrected chi connectivity index (χ3v) is 4.80. The molecular weight excluding hydrogens is 284 g/mol. The van der Waals surface area contributed by atoms with E-state index in [-0.39, 0.29) is 18.4 Å². The highest BCUT2D eigenvalue weighted by atomic mass is 32.2. The summed E-state index contributed by atoms with van der Waals surface area (Å²) in [4.78, 5) is 23.7. The van der Waals surface area contributed by atoms with Crippen molar-refractivity contribution in [3.05, 3.63) is 0 Å². The molecule has 2 saturated heterocycles. The second-order valence-corrected chi connectivity index (χ2v) is 7.10. The number of nitrogens with zero attached hydrogens (tertiary/aromatic N) is 1. The molecule has 9 heteroatoms. The maximum Gasteiger partial charge on any atom is 0.242 e. The molecule has 0 aliphatic carbocycles. The van der Waals surface area contributed by atoms with Crippen LogP contribution < -0.4 is 16.0 Å². The fourth-order valence-corrected chi connectivity index (χ4v) is 3.22. The van der Waals surface area contributed by atoms with Crippen molar-refractivity contribution in [3.63, 3.8) is 0 Å². The number of hydrogen-bond acceptors (Lipinski definition) is 5. The third-order valence-electron chi connectivity index (χ3n) is 3.53. The normalized spacial score (nSPS) is 28.8. The van der Waals surface area contributed by atoms with Crippen LogP contribution >= 0.6 is 0 Å². The van der Waals surface area contributed by atoms with Crippen LogP contribution in [0.4, 0.5) is 0 Å². The molecule has 8 nitrogen and oxygen atoms in total. The summed E-state index contributed by atoms with van der Waals surface area (Å²) in [6.45, 7) is 1.50. The lowest BCUT2D eigenvalue weighted by molar-refractivity contribution is -0.131. The maximum absolute atomic E-state index is 12.1. The van der Waals surface area contributed by atoms with Crippen LogP contribution in [-0.2, 0) is 19.6 Å². The number of hydrogen-bond donors (Lipinski definition) is 3. The van der Waals surface area contributed by atoms with Crippen LogP contribution in [0.2, 0.25) is 0 Å². The standard InChI is InChI=1S/C11H20N4O4S/c1-20(18,19)15-6-5-12-9(7-15)11(17)14-8-3-2-4-13-10(8)16/h8-9,12H,2-7H2,1H3,(H,13,16)(H,14,17)/t8-,9+/m0/s1. The minimum Gasteiger partial charge on any atom is -0.354 e. The van der Waals surface area contributed by atoms with Crippen molar-refractivity contribution in [2.24, 2.45) is 0 Å². The quantitative estimate of drug-likeness (QED) is 0.539. The molecule has 0 aromatic heterocycles. The summed E-state index contributed by atoms with van der Waals surface area (Å²) < 4.78 is 24.3. The zero-order valence-electron chi connectivity index (χ0n) is 11.4. The van der Waals surface area contributed by atoms with Gasteiger partial charge in [0, 0.05) is 26.2 Å². The fourth-order valence-electron chi connectivity index (χ4n) is 2.38. The monoisotopic (exact) mass is 304 g/mol. The van der Waals surface area contributed by atoms with Crippen LogP contribution in [0.1, 0.15) is 12.8 Å². The zero-order chi connectivity index (χ0) is 14.8. The molecule has 3 N–H and O–H groups in total. The third kappa shape index (κ3) is 3.68. The molecule has 2 aliphatic rings. The van der Waals surface area contributed by atoms with Gasteiger partial charge in [-0.1, -0.05) is 0 Å². The Balaban J connectivity index is 1.93. The van der Waals surface area contributed by atoms with Gasteiger partial charge >= 0.3 is 0 Å². The first-order valence-corrected chi connectivity index (χ1v) is 8.49. The summed E-state index contributed by atoms with van der Waals surface area (Å²) in [5.41, 5.74) is 0. The second kappa shape index (κ2) is 6.06. The van der Waals surface area contributed by atoms with Crippen molar-refractivity contribution in [2.75, 3.05) is 32.4 Å². The minimum atomic E-state index is -3.30. The average molecular weight is 304 g/mol. The Morgan fingerprint density at radius 3 is 2.80 bits per heavy atom. The molecular formula is C11H20N4O4S. The molecule has 114 valence electrons. The number of piperidine rings is 1. The lowest BCUT2D eigenvalue weighted by Crippen LogP contribution is -2.61. The van der Waals surface area contributed by atoms with Crippen LogP contribution in [0.25, 0.3) is 0 Å². The van der Waals surface area contributed by atoms with E-state index in [2.05, 4.69) is 16.0 Å². The van der Waals surface area contributed by atoms with E-state index < -0.39 is 22.1 Å². The highest BCUT2D eigenvalue weighted by Gasteiger charge is 2.32. The van der Waals surface area contributed by atoms with Gasteiger partial charge in [-0.15, -0.1) is 0 Å². The van der Waals surface area contributed by atoms with E-state index in [1.165, 1.54) is 4.31 Å². The highest BCUT2D eigenvalue weighted by Crippen LogP contribution is 2.07. The first-order valence-electron chi connectivity index (χ1n) is 6.64. The van der Waals surface area contributed by atoms with Gasteiger partial charge in [-0.2, -0.15) is 4.31 Å². The second-order valence-electron chi connectivity index (χ2n) is 5.12.